The molecule has 41 heteroatoms. The molecular formula is C71H56F7N9O25. The lowest BCUT2D eigenvalue weighted by atomic mass is 10.1. The van der Waals surface area contributed by atoms with Gasteiger partial charge >= 0.3 is 35.8 Å². The summed E-state index contributed by atoms with van der Waals surface area (Å²) in [5.74, 6) is -16.2. The number of carbonyl (C=O) groups is 8. The number of para-hydroxylation sites is 3. The van der Waals surface area contributed by atoms with Gasteiger partial charge in [-0.05, 0) is 97.4 Å². The molecule has 0 unspecified atom stereocenters. The second-order valence-corrected chi connectivity index (χ2v) is 22.4. The Balaban J connectivity index is 0.000000189. The Morgan fingerprint density at radius 3 is 1.18 bits per heavy atom. The summed E-state index contributed by atoms with van der Waals surface area (Å²) >= 11 is 0. The summed E-state index contributed by atoms with van der Waals surface area (Å²) in [5.41, 5.74) is -6.84. The molecule has 6 aromatic carbocycles. The van der Waals surface area contributed by atoms with Crippen LogP contribution in [0.5, 0.6) is 28.7 Å². The molecule has 5 aromatic heterocycles. The van der Waals surface area contributed by atoms with Gasteiger partial charge in [-0.25, -0.2) is 22.5 Å². The van der Waals surface area contributed by atoms with E-state index in [9.17, 15) is 109 Å². The molecular weight excluding hydrogens is 1510 g/mol. The number of halogens is 7. The Labute approximate surface area is 618 Å². The zero-order valence-corrected chi connectivity index (χ0v) is 57.0. The number of nitrogens with zero attached hydrogens (tertiary/aromatic N) is 5. The number of carbonyl (C=O) groups excluding carboxylic acids is 4. The van der Waals surface area contributed by atoms with Gasteiger partial charge < -0.3 is 86.2 Å². The predicted molar refractivity (Wildman–Crippen MR) is 371 cm³/mol. The lowest BCUT2D eigenvalue weighted by molar-refractivity contribution is -0.274. The van der Waals surface area contributed by atoms with E-state index in [2.05, 4.69) is 9.72 Å². The summed E-state index contributed by atoms with van der Waals surface area (Å²) in [6.45, 7) is -2.66. The van der Waals surface area contributed by atoms with Crippen molar-refractivity contribution in [2.75, 3.05) is 32.8 Å². The van der Waals surface area contributed by atoms with E-state index in [1.54, 1.807) is 37.3 Å². The van der Waals surface area contributed by atoms with Crippen molar-refractivity contribution in [1.29, 1.82) is 0 Å². The van der Waals surface area contributed by atoms with Gasteiger partial charge in [-0.3, -0.25) is 57.5 Å². The first kappa shape index (κ1) is 82.4. The van der Waals surface area contributed by atoms with Crippen LogP contribution in [0, 0.1) is 23.3 Å². The van der Waals surface area contributed by atoms with E-state index in [1.165, 1.54) is 72.9 Å². The molecule has 34 nitrogen and oxygen atoms in total. The van der Waals surface area contributed by atoms with Crippen molar-refractivity contribution in [2.24, 2.45) is 0 Å². The molecule has 0 atom stereocenters. The van der Waals surface area contributed by atoms with Crippen molar-refractivity contribution in [3.05, 3.63) is 255 Å². The topological polar surface area (TPSA) is 494 Å². The number of benzene rings is 6. The number of fused-ring (bicyclic) bond motifs is 4. The van der Waals surface area contributed by atoms with E-state index in [1.807, 2.05) is 21.3 Å². The van der Waals surface area contributed by atoms with Crippen LogP contribution in [0.4, 0.5) is 30.7 Å². The highest BCUT2D eigenvalue weighted by Crippen LogP contribution is 2.31. The van der Waals surface area contributed by atoms with Gasteiger partial charge in [0.1, 0.15) is 105 Å². The first-order valence-corrected chi connectivity index (χ1v) is 31.7. The number of ether oxygens (including phenoxy) is 1. The summed E-state index contributed by atoms with van der Waals surface area (Å²) < 4.78 is 98.0. The predicted octanol–water partition coefficient (Wildman–Crippen LogP) is 4.27. The maximum Gasteiger partial charge on any atom is 0.573 e. The standard InChI is InChI=1S/C20H15F3N2O7.C19H14F2N2O6.C18H13F2N3O6.C14H14N2O6/c21-20(22,23)32-12-7-5-11(6-8-12)10-31-25-14-4-2-1-3-13(14)17(28)16(19(25)30)18(29)24-9-15(26)27;20-11-6-5-10(13(21)7-11)9-29-23-14-4-2-1-3-12(14)17(26)16(19(23)28)18(27)22-8-15(24)25;19-11-4-1-5-12(20)10(11)8-29-23-16-9(3-2-6-21-16)15(26)14(18(23)28)17(27)22-7-13(24)25;1-2-22-16-9-6-4-3-5-8(9)12(19)11(14(16)21)13(20)15-7-10(17)18/h1-8,28H,9-10H2,(H,24,29)(H,26,27);1-7,26H,8-9H2,(H,22,27)(H,24,25);1-6,26H,7-8H2,(H,22,27)(H,24,25);3-6,19H,2,7H2,1H3,(H,15,20)(H,17,18). The molecule has 0 saturated heterocycles. The fourth-order valence-corrected chi connectivity index (χ4v) is 10.00. The molecule has 11 aromatic rings. The Bertz CT molecular complexity index is 5740. The number of amides is 4. The molecule has 5 heterocycles. The SMILES string of the molecule is CCOn1c(=O)c(C(=O)NCC(=O)O)c(O)c2ccccc21.O=C(O)CNC(=O)c1c(O)c2ccccc2n(OCc2ccc(F)cc2F)c1=O.O=C(O)CNC(=O)c1c(O)c2ccccc2n(OCc2ccc(OC(F)(F)F)cc2)c1=O.O=C(O)CNC(=O)c1c(O)c2cccnc2n(OCc2c(F)cccc2F)c1=O. The van der Waals surface area contributed by atoms with Gasteiger partial charge in [-0.1, -0.05) is 54.6 Å². The van der Waals surface area contributed by atoms with Gasteiger partial charge in [0, 0.05) is 34.0 Å². The van der Waals surface area contributed by atoms with E-state index < -0.39 is 195 Å². The van der Waals surface area contributed by atoms with E-state index in [0.717, 1.165) is 51.9 Å². The quantitative estimate of drug-likeness (QED) is 0.0376. The second-order valence-electron chi connectivity index (χ2n) is 22.4. The summed E-state index contributed by atoms with van der Waals surface area (Å²) in [6, 6.07) is 31.6. The number of hydrogen-bond donors (Lipinski definition) is 12. The Morgan fingerprint density at radius 2 is 0.786 bits per heavy atom. The van der Waals surface area contributed by atoms with Gasteiger partial charge in [0.25, 0.3) is 40.3 Å². The average Bonchev–Trinajstić information content (AvgIpc) is 0.784. The van der Waals surface area contributed by atoms with Crippen LogP contribution in [0.1, 0.15) is 65.0 Å². The highest BCUT2D eigenvalue weighted by atomic mass is 19.4. The summed E-state index contributed by atoms with van der Waals surface area (Å²) in [4.78, 5) is 167. The Morgan fingerprint density at radius 1 is 0.420 bits per heavy atom. The minimum absolute atomic E-state index is 0.0488. The van der Waals surface area contributed by atoms with Crippen LogP contribution in [0.15, 0.2) is 171 Å². The lowest BCUT2D eigenvalue weighted by Gasteiger charge is -2.15. The van der Waals surface area contributed by atoms with Crippen LogP contribution in [0.25, 0.3) is 43.7 Å². The second kappa shape index (κ2) is 36.4. The molecule has 0 aliphatic rings. The van der Waals surface area contributed by atoms with Gasteiger partial charge in [0.15, 0.2) is 27.9 Å². The normalized spacial score (nSPS) is 10.8. The number of aromatic nitrogens is 5. The van der Waals surface area contributed by atoms with Crippen LogP contribution >= 0.6 is 0 Å². The molecule has 11 rings (SSSR count). The van der Waals surface area contributed by atoms with Crippen molar-refractivity contribution >= 4 is 91.2 Å². The molecule has 0 spiro atoms. The minimum Gasteiger partial charge on any atom is -0.506 e. The summed E-state index contributed by atoms with van der Waals surface area (Å²) in [6.07, 6.45) is -3.57. The number of hydrogen-bond acceptors (Lipinski definition) is 22. The number of pyridine rings is 5. The average molecular weight is 1570 g/mol. The van der Waals surface area contributed by atoms with Gasteiger partial charge in [0.2, 0.25) is 0 Å². The fraction of sp³-hybridized carbons (Fsp3) is 0.141. The van der Waals surface area contributed by atoms with Crippen molar-refractivity contribution in [3.8, 4) is 28.7 Å². The number of aromatic hydroxyl groups is 4. The fourth-order valence-electron chi connectivity index (χ4n) is 10.00. The maximum atomic E-state index is 13.8. The number of nitrogens with one attached hydrogen (secondary N) is 4. The molecule has 584 valence electrons. The largest absolute Gasteiger partial charge is 0.573 e. The Kier molecular flexibility index (Phi) is 26.8. The molecule has 112 heavy (non-hydrogen) atoms. The van der Waals surface area contributed by atoms with Crippen molar-refractivity contribution in [3.63, 3.8) is 0 Å². The minimum atomic E-state index is -4.84. The van der Waals surface area contributed by atoms with Crippen molar-refractivity contribution < 1.29 is 134 Å². The number of carboxylic acids is 4. The molecule has 0 bridgehead atoms. The van der Waals surface area contributed by atoms with Crippen molar-refractivity contribution in [2.45, 2.75) is 33.1 Å². The van der Waals surface area contributed by atoms with Gasteiger partial charge in [0.05, 0.1) is 27.5 Å². The number of carboxylic acid groups (broad SMARTS) is 4. The third-order valence-corrected chi connectivity index (χ3v) is 15.0. The molecule has 0 radical (unpaired) electrons. The summed E-state index contributed by atoms with van der Waals surface area (Å²) in [5, 5.41) is 84.3. The van der Waals surface area contributed by atoms with E-state index in [4.69, 9.17) is 39.8 Å². The number of rotatable bonds is 24. The molecule has 4 amide bonds. The highest BCUT2D eigenvalue weighted by Gasteiger charge is 2.32. The van der Waals surface area contributed by atoms with Crippen molar-refractivity contribution in [1.82, 2.24) is 45.2 Å². The number of aliphatic carboxylic acids is 4. The monoisotopic (exact) mass is 1570 g/mol. The molecule has 0 aliphatic carbocycles. The zero-order chi connectivity index (χ0) is 82.0. The van der Waals surface area contributed by atoms with Crippen LogP contribution in [0.3, 0.4) is 0 Å². The van der Waals surface area contributed by atoms with E-state index in [-0.39, 0.29) is 57.0 Å². The van der Waals surface area contributed by atoms with Gasteiger partial charge in [-0.15, -0.1) is 32.1 Å². The van der Waals surface area contributed by atoms with Crippen LogP contribution < -0.4 is 67.6 Å². The van der Waals surface area contributed by atoms with Crippen LogP contribution in [-0.4, -0.2) is 151 Å². The van der Waals surface area contributed by atoms with E-state index >= 15 is 0 Å². The Hall–Kier alpha value is -15.2. The first-order valence-electron chi connectivity index (χ1n) is 31.7. The van der Waals surface area contributed by atoms with Crippen LogP contribution in [-0.2, 0) is 39.0 Å². The van der Waals surface area contributed by atoms with Gasteiger partial charge in [-0.2, -0.15) is 0 Å². The third-order valence-electron chi connectivity index (χ3n) is 15.0. The number of alkyl halides is 3. The smallest absolute Gasteiger partial charge is 0.506 e. The molecule has 0 saturated carbocycles. The maximum absolute atomic E-state index is 13.8. The van der Waals surface area contributed by atoms with E-state index in [0.29, 0.717) is 26.6 Å². The molecule has 0 fully saturated rings. The first-order chi connectivity index (χ1) is 53.1. The molecule has 0 aliphatic heterocycles. The third kappa shape index (κ3) is 19.9. The zero-order valence-electron chi connectivity index (χ0n) is 57.0. The molecule has 12 N–H and O–H groups in total. The summed E-state index contributed by atoms with van der Waals surface area (Å²) in [7, 11) is 0. The highest BCUT2D eigenvalue weighted by molar-refractivity contribution is 6.06. The van der Waals surface area contributed by atoms with Crippen LogP contribution in [0.2, 0.25) is 0 Å². The lowest BCUT2D eigenvalue weighted by Crippen LogP contribution is -2.38.